The molecule has 0 aliphatic carbocycles. The lowest BCUT2D eigenvalue weighted by atomic mass is 9.88. The van der Waals surface area contributed by atoms with Gasteiger partial charge in [-0.25, -0.2) is 0 Å². The Morgan fingerprint density at radius 2 is 1.90 bits per heavy atom. The minimum atomic E-state index is 0.315. The molecule has 20 heavy (non-hydrogen) atoms. The molecule has 0 spiro atoms. The summed E-state index contributed by atoms with van der Waals surface area (Å²) in [6, 6.07) is 0.665. The third-order valence-corrected chi connectivity index (χ3v) is 4.77. The van der Waals surface area contributed by atoms with Gasteiger partial charge in [0, 0.05) is 37.8 Å². The number of hydrogen-bond donors (Lipinski definition) is 1. The van der Waals surface area contributed by atoms with E-state index in [2.05, 4.69) is 50.0 Å². The van der Waals surface area contributed by atoms with Crippen LogP contribution < -0.4 is 5.32 Å². The maximum Gasteiger partial charge on any atom is 0.0594 e. The van der Waals surface area contributed by atoms with E-state index < -0.39 is 0 Å². The average Bonchev–Trinajstić information content (AvgIpc) is 2.46. The van der Waals surface area contributed by atoms with Gasteiger partial charge in [-0.15, -0.1) is 0 Å². The minimum absolute atomic E-state index is 0.315. The van der Waals surface area contributed by atoms with Gasteiger partial charge in [0.05, 0.1) is 13.2 Å². The number of likely N-dealkylation sites (N-methyl/N-ethyl adjacent to an activating group) is 1. The molecule has 1 N–H and O–H groups in total. The summed E-state index contributed by atoms with van der Waals surface area (Å²) in [5, 5.41) is 3.79. The second-order valence-electron chi connectivity index (χ2n) is 6.32. The van der Waals surface area contributed by atoms with Crippen LogP contribution in [-0.4, -0.2) is 74.9 Å². The molecule has 0 radical (unpaired) electrons. The molecule has 4 nitrogen and oxygen atoms in total. The summed E-state index contributed by atoms with van der Waals surface area (Å²) in [7, 11) is 4.17. The highest BCUT2D eigenvalue weighted by atomic mass is 16.5. The second-order valence-corrected chi connectivity index (χ2v) is 6.32. The van der Waals surface area contributed by atoms with Crippen LogP contribution in [0.5, 0.6) is 0 Å². The topological polar surface area (TPSA) is 27.7 Å². The SMILES string of the molecule is CCC1CNC(CC)(CC)CN1CCOCCN(C)C. The van der Waals surface area contributed by atoms with Crippen LogP contribution in [0.15, 0.2) is 0 Å². The Kier molecular flexibility index (Phi) is 8.03. The first-order valence-electron chi connectivity index (χ1n) is 8.28. The van der Waals surface area contributed by atoms with Crippen molar-refractivity contribution >= 4 is 0 Å². The molecule has 1 heterocycles. The lowest BCUT2D eigenvalue weighted by Gasteiger charge is -2.47. The predicted molar refractivity (Wildman–Crippen MR) is 86.3 cm³/mol. The van der Waals surface area contributed by atoms with E-state index in [-0.39, 0.29) is 0 Å². The van der Waals surface area contributed by atoms with Crippen molar-refractivity contribution in [3.8, 4) is 0 Å². The number of rotatable bonds is 9. The quantitative estimate of drug-likeness (QED) is 0.654. The summed E-state index contributed by atoms with van der Waals surface area (Å²) in [6.45, 7) is 12.9. The van der Waals surface area contributed by atoms with Crippen LogP contribution >= 0.6 is 0 Å². The summed E-state index contributed by atoms with van der Waals surface area (Å²) in [6.07, 6.45) is 3.63. The molecule has 0 amide bonds. The molecule has 1 aliphatic rings. The maximum absolute atomic E-state index is 5.77. The van der Waals surface area contributed by atoms with Crippen molar-refractivity contribution in [3.63, 3.8) is 0 Å². The summed E-state index contributed by atoms with van der Waals surface area (Å²) < 4.78 is 5.77. The van der Waals surface area contributed by atoms with Crippen LogP contribution in [0.2, 0.25) is 0 Å². The third-order valence-electron chi connectivity index (χ3n) is 4.77. The first-order chi connectivity index (χ1) is 9.56. The molecule has 1 unspecified atom stereocenters. The highest BCUT2D eigenvalue weighted by Gasteiger charge is 2.35. The van der Waals surface area contributed by atoms with Crippen molar-refractivity contribution in [2.75, 3.05) is 53.5 Å². The fourth-order valence-corrected chi connectivity index (χ4v) is 2.96. The molecule has 1 rings (SSSR count). The fourth-order valence-electron chi connectivity index (χ4n) is 2.96. The highest BCUT2D eigenvalue weighted by Crippen LogP contribution is 2.23. The van der Waals surface area contributed by atoms with Crippen LogP contribution in [0.1, 0.15) is 40.0 Å². The highest BCUT2D eigenvalue weighted by molar-refractivity contribution is 4.96. The molecular weight excluding hydrogens is 250 g/mol. The maximum atomic E-state index is 5.77. The van der Waals surface area contributed by atoms with E-state index in [9.17, 15) is 0 Å². The van der Waals surface area contributed by atoms with Crippen LogP contribution in [0.3, 0.4) is 0 Å². The van der Waals surface area contributed by atoms with Crippen LogP contribution in [0, 0.1) is 0 Å². The summed E-state index contributed by atoms with van der Waals surface area (Å²) in [4.78, 5) is 4.80. The Morgan fingerprint density at radius 3 is 2.45 bits per heavy atom. The van der Waals surface area contributed by atoms with E-state index >= 15 is 0 Å². The van der Waals surface area contributed by atoms with Crippen molar-refractivity contribution in [1.82, 2.24) is 15.1 Å². The summed E-state index contributed by atoms with van der Waals surface area (Å²) in [5.74, 6) is 0. The molecule has 1 atom stereocenters. The second kappa shape index (κ2) is 8.98. The van der Waals surface area contributed by atoms with Gasteiger partial charge in [0.1, 0.15) is 0 Å². The molecule has 0 aromatic rings. The zero-order valence-electron chi connectivity index (χ0n) is 14.2. The molecule has 0 aromatic heterocycles. The minimum Gasteiger partial charge on any atom is -0.379 e. The smallest absolute Gasteiger partial charge is 0.0594 e. The van der Waals surface area contributed by atoms with Gasteiger partial charge in [-0.2, -0.15) is 0 Å². The summed E-state index contributed by atoms with van der Waals surface area (Å²) >= 11 is 0. The van der Waals surface area contributed by atoms with E-state index in [1.165, 1.54) is 19.3 Å². The largest absolute Gasteiger partial charge is 0.379 e. The third kappa shape index (κ3) is 5.32. The van der Waals surface area contributed by atoms with Gasteiger partial charge in [0.25, 0.3) is 0 Å². The number of nitrogens with one attached hydrogen (secondary N) is 1. The van der Waals surface area contributed by atoms with E-state index in [0.717, 1.165) is 39.4 Å². The molecule has 120 valence electrons. The Balaban J connectivity index is 2.38. The Hall–Kier alpha value is -0.160. The van der Waals surface area contributed by atoms with Gasteiger partial charge in [-0.3, -0.25) is 4.90 Å². The average molecular weight is 285 g/mol. The Morgan fingerprint density at radius 1 is 1.20 bits per heavy atom. The van der Waals surface area contributed by atoms with Crippen LogP contribution in [-0.2, 0) is 4.74 Å². The van der Waals surface area contributed by atoms with Gasteiger partial charge in [0.15, 0.2) is 0 Å². The molecule has 1 fully saturated rings. The monoisotopic (exact) mass is 285 g/mol. The van der Waals surface area contributed by atoms with Crippen LogP contribution in [0.4, 0.5) is 0 Å². The van der Waals surface area contributed by atoms with Crippen molar-refractivity contribution < 1.29 is 4.74 Å². The Labute approximate surface area is 125 Å². The van der Waals surface area contributed by atoms with Gasteiger partial charge in [-0.1, -0.05) is 20.8 Å². The molecule has 4 heteroatoms. The van der Waals surface area contributed by atoms with Gasteiger partial charge >= 0.3 is 0 Å². The van der Waals surface area contributed by atoms with Crippen LogP contribution in [0.25, 0.3) is 0 Å². The number of nitrogens with zero attached hydrogens (tertiary/aromatic N) is 2. The molecule has 1 saturated heterocycles. The lowest BCUT2D eigenvalue weighted by molar-refractivity contribution is 0.0332. The first kappa shape index (κ1) is 17.9. The van der Waals surface area contributed by atoms with E-state index in [4.69, 9.17) is 4.74 Å². The van der Waals surface area contributed by atoms with E-state index in [1.54, 1.807) is 0 Å². The molecule has 1 aliphatic heterocycles. The standard InChI is InChI=1S/C16H35N3O/c1-6-15-13-17-16(7-2,8-3)14-19(15)10-12-20-11-9-18(4)5/h15,17H,6-14H2,1-5H3. The Bertz CT molecular complexity index is 254. The fraction of sp³-hybridized carbons (Fsp3) is 1.00. The van der Waals surface area contributed by atoms with Crippen molar-refractivity contribution in [1.29, 1.82) is 0 Å². The van der Waals surface area contributed by atoms with Gasteiger partial charge < -0.3 is 15.0 Å². The zero-order chi connectivity index (χ0) is 15.0. The lowest BCUT2D eigenvalue weighted by Crippen LogP contribution is -2.64. The van der Waals surface area contributed by atoms with Crippen molar-refractivity contribution in [2.24, 2.45) is 0 Å². The zero-order valence-corrected chi connectivity index (χ0v) is 14.2. The predicted octanol–water partition coefficient (Wildman–Crippen LogP) is 1.81. The molecule has 0 saturated carbocycles. The van der Waals surface area contributed by atoms with E-state index in [1.807, 2.05) is 0 Å². The summed E-state index contributed by atoms with van der Waals surface area (Å²) in [5.41, 5.74) is 0.315. The molecular formula is C16H35N3O. The van der Waals surface area contributed by atoms with Crippen molar-refractivity contribution in [3.05, 3.63) is 0 Å². The van der Waals surface area contributed by atoms with Crippen molar-refractivity contribution in [2.45, 2.75) is 51.6 Å². The van der Waals surface area contributed by atoms with Gasteiger partial charge in [0.2, 0.25) is 0 Å². The van der Waals surface area contributed by atoms with E-state index in [0.29, 0.717) is 11.6 Å². The number of ether oxygens (including phenoxy) is 1. The number of hydrogen-bond acceptors (Lipinski definition) is 4. The number of piperazine rings is 1. The molecule has 0 aromatic carbocycles. The first-order valence-corrected chi connectivity index (χ1v) is 8.28. The van der Waals surface area contributed by atoms with Gasteiger partial charge in [-0.05, 0) is 33.4 Å². The molecule has 0 bridgehead atoms. The normalized spacial score (nSPS) is 23.4.